The number of hydrogen-bond acceptors (Lipinski definition) is 4. The first-order valence-corrected chi connectivity index (χ1v) is 10.3. The van der Waals surface area contributed by atoms with Crippen molar-refractivity contribution in [1.82, 2.24) is 0 Å². The molecule has 0 spiro atoms. The van der Waals surface area contributed by atoms with Gasteiger partial charge in [-0.1, -0.05) is 84.4 Å². The summed E-state index contributed by atoms with van der Waals surface area (Å²) >= 11 is 6.19. The van der Waals surface area contributed by atoms with Gasteiger partial charge in [0, 0.05) is 10.6 Å². The molecule has 30 heavy (non-hydrogen) atoms. The van der Waals surface area contributed by atoms with Crippen molar-refractivity contribution in [3.8, 4) is 0 Å². The van der Waals surface area contributed by atoms with Crippen LogP contribution in [0, 0.1) is 0 Å². The average Bonchev–Trinajstić information content (AvgIpc) is 2.80. The van der Waals surface area contributed by atoms with E-state index in [1.807, 2.05) is 36.4 Å². The topological polar surface area (TPSA) is 44.8 Å². The number of carbonyl (C=O) groups is 1. The largest absolute Gasteiger partial charge is 0.462 e. The van der Waals surface area contributed by atoms with Gasteiger partial charge in [-0.05, 0) is 30.2 Å². The lowest BCUT2D eigenvalue weighted by Gasteiger charge is -2.45. The van der Waals surface area contributed by atoms with Crippen molar-refractivity contribution >= 4 is 17.6 Å². The summed E-state index contributed by atoms with van der Waals surface area (Å²) in [5.74, 6) is -2.24. The highest BCUT2D eigenvalue weighted by atomic mass is 35.5. The van der Waals surface area contributed by atoms with E-state index in [4.69, 9.17) is 25.8 Å². The van der Waals surface area contributed by atoms with Crippen LogP contribution in [-0.2, 0) is 30.2 Å². The third kappa shape index (κ3) is 3.63. The van der Waals surface area contributed by atoms with Gasteiger partial charge in [0.2, 0.25) is 0 Å². The van der Waals surface area contributed by atoms with Gasteiger partial charge < -0.3 is 14.2 Å². The second kappa shape index (κ2) is 8.60. The molecule has 0 unspecified atom stereocenters. The number of benzene rings is 3. The molecule has 0 atom stereocenters. The first-order chi connectivity index (χ1) is 14.6. The van der Waals surface area contributed by atoms with E-state index in [9.17, 15) is 4.79 Å². The van der Waals surface area contributed by atoms with Crippen molar-refractivity contribution in [2.75, 3.05) is 19.8 Å². The van der Waals surface area contributed by atoms with E-state index < -0.39 is 17.2 Å². The summed E-state index contributed by atoms with van der Waals surface area (Å²) in [5.41, 5.74) is 2.07. The first-order valence-electron chi connectivity index (χ1n) is 9.93. The molecule has 5 heteroatoms. The number of rotatable bonds is 5. The number of carbonyl (C=O) groups excluding carboxylic acids is 1. The second-order valence-corrected chi connectivity index (χ2v) is 7.68. The van der Waals surface area contributed by atoms with Gasteiger partial charge in [-0.3, -0.25) is 0 Å². The standard InChI is InChI=1S/C25H23ClO4/c1-2-28-23(27)25(21-14-9-15-22(26)16-21)29-17-24(18-30-25,19-10-5-3-6-11-19)20-12-7-4-8-13-20/h3-16H,2,17-18H2,1H3. The lowest BCUT2D eigenvalue weighted by Crippen LogP contribution is -2.55. The molecular weight excluding hydrogens is 400 g/mol. The van der Waals surface area contributed by atoms with Crippen LogP contribution in [-0.4, -0.2) is 25.8 Å². The molecule has 4 rings (SSSR count). The zero-order chi connectivity index (χ0) is 21.0. The molecule has 0 bridgehead atoms. The maximum Gasteiger partial charge on any atom is 0.372 e. The van der Waals surface area contributed by atoms with Crippen molar-refractivity contribution in [3.63, 3.8) is 0 Å². The van der Waals surface area contributed by atoms with Crippen molar-refractivity contribution in [3.05, 3.63) is 107 Å². The van der Waals surface area contributed by atoms with Gasteiger partial charge in [-0.2, -0.15) is 0 Å². The number of halogens is 1. The molecule has 1 aliphatic rings. The Balaban J connectivity index is 1.77. The van der Waals surface area contributed by atoms with Gasteiger partial charge in [0.1, 0.15) is 0 Å². The van der Waals surface area contributed by atoms with Crippen LogP contribution in [0.15, 0.2) is 84.9 Å². The zero-order valence-corrected chi connectivity index (χ0v) is 17.5. The Hall–Kier alpha value is -2.66. The Kier molecular flexibility index (Phi) is 5.91. The Morgan fingerprint density at radius 3 is 1.90 bits per heavy atom. The van der Waals surface area contributed by atoms with Crippen LogP contribution in [0.1, 0.15) is 23.6 Å². The fourth-order valence-electron chi connectivity index (χ4n) is 3.87. The fraction of sp³-hybridized carbons (Fsp3) is 0.240. The third-order valence-electron chi connectivity index (χ3n) is 5.45. The molecule has 0 amide bonds. The normalized spacial score (nSPS) is 17.3. The minimum atomic E-state index is -1.66. The summed E-state index contributed by atoms with van der Waals surface area (Å²) in [6, 6.07) is 27.1. The molecule has 3 aromatic carbocycles. The molecule has 0 N–H and O–H groups in total. The van der Waals surface area contributed by atoms with Crippen molar-refractivity contribution in [1.29, 1.82) is 0 Å². The van der Waals surface area contributed by atoms with Crippen molar-refractivity contribution in [2.24, 2.45) is 0 Å². The van der Waals surface area contributed by atoms with Crippen molar-refractivity contribution in [2.45, 2.75) is 18.1 Å². The monoisotopic (exact) mass is 422 g/mol. The molecule has 0 saturated carbocycles. The number of esters is 1. The SMILES string of the molecule is CCOC(=O)C1(c2cccc(Cl)c2)OCC(c2ccccc2)(c2ccccc2)CO1. The quantitative estimate of drug-likeness (QED) is 0.537. The molecule has 4 nitrogen and oxygen atoms in total. The smallest absolute Gasteiger partial charge is 0.372 e. The highest BCUT2D eigenvalue weighted by Gasteiger charge is 2.53. The maximum absolute atomic E-state index is 13.0. The second-order valence-electron chi connectivity index (χ2n) is 7.24. The molecule has 1 aliphatic heterocycles. The lowest BCUT2D eigenvalue weighted by molar-refractivity contribution is -0.290. The molecule has 1 saturated heterocycles. The highest BCUT2D eigenvalue weighted by molar-refractivity contribution is 6.30. The van der Waals surface area contributed by atoms with Gasteiger partial charge >= 0.3 is 5.97 Å². The van der Waals surface area contributed by atoms with E-state index >= 15 is 0 Å². The number of ether oxygens (including phenoxy) is 3. The summed E-state index contributed by atoms with van der Waals surface area (Å²) in [4.78, 5) is 13.0. The Labute approximate surface area is 181 Å². The van der Waals surface area contributed by atoms with Gasteiger partial charge in [-0.25, -0.2) is 4.79 Å². The molecule has 0 aliphatic carbocycles. The van der Waals surface area contributed by atoms with Crippen LogP contribution < -0.4 is 0 Å². The van der Waals surface area contributed by atoms with Crippen LogP contribution in [0.5, 0.6) is 0 Å². The summed E-state index contributed by atoms with van der Waals surface area (Å²) in [6.45, 7) is 2.46. The Morgan fingerprint density at radius 2 is 1.40 bits per heavy atom. The van der Waals surface area contributed by atoms with Crippen LogP contribution in [0.2, 0.25) is 5.02 Å². The minimum absolute atomic E-state index is 0.219. The molecule has 0 aromatic heterocycles. The van der Waals surface area contributed by atoms with E-state index in [1.54, 1.807) is 31.2 Å². The fourth-order valence-corrected chi connectivity index (χ4v) is 4.06. The summed E-state index contributed by atoms with van der Waals surface area (Å²) in [5, 5.41) is 0.492. The molecule has 1 fully saturated rings. The van der Waals surface area contributed by atoms with E-state index in [2.05, 4.69) is 24.3 Å². The van der Waals surface area contributed by atoms with E-state index in [0.29, 0.717) is 10.6 Å². The lowest BCUT2D eigenvalue weighted by atomic mass is 9.75. The molecule has 3 aromatic rings. The number of hydrogen-bond donors (Lipinski definition) is 0. The summed E-state index contributed by atoms with van der Waals surface area (Å²) in [6.07, 6.45) is 0. The van der Waals surface area contributed by atoms with Gasteiger partial charge in [-0.15, -0.1) is 0 Å². The van der Waals surface area contributed by atoms with E-state index in [1.165, 1.54) is 0 Å². The first kappa shape index (κ1) is 20.6. The van der Waals surface area contributed by atoms with Gasteiger partial charge in [0.25, 0.3) is 5.79 Å². The van der Waals surface area contributed by atoms with Crippen molar-refractivity contribution < 1.29 is 19.0 Å². The van der Waals surface area contributed by atoms with E-state index in [0.717, 1.165) is 11.1 Å². The minimum Gasteiger partial charge on any atom is -0.462 e. The summed E-state index contributed by atoms with van der Waals surface area (Å²) < 4.78 is 17.9. The third-order valence-corrected chi connectivity index (χ3v) is 5.68. The van der Waals surface area contributed by atoms with Crippen LogP contribution in [0.3, 0.4) is 0 Å². The maximum atomic E-state index is 13.0. The summed E-state index contributed by atoms with van der Waals surface area (Å²) in [7, 11) is 0. The van der Waals surface area contributed by atoms with Gasteiger partial charge in [0.15, 0.2) is 0 Å². The molecule has 154 valence electrons. The predicted octanol–water partition coefficient (Wildman–Crippen LogP) is 5.09. The van der Waals surface area contributed by atoms with Crippen LogP contribution >= 0.6 is 11.6 Å². The molecular formula is C25H23ClO4. The Bertz CT molecular complexity index is 954. The van der Waals surface area contributed by atoms with E-state index in [-0.39, 0.29) is 19.8 Å². The predicted molar refractivity (Wildman–Crippen MR) is 115 cm³/mol. The molecule has 1 heterocycles. The van der Waals surface area contributed by atoms with Crippen LogP contribution in [0.25, 0.3) is 0 Å². The molecule has 0 radical (unpaired) electrons. The average molecular weight is 423 g/mol. The Morgan fingerprint density at radius 1 is 0.867 bits per heavy atom. The van der Waals surface area contributed by atoms with Gasteiger partial charge in [0.05, 0.1) is 25.2 Å². The van der Waals surface area contributed by atoms with Crippen LogP contribution in [0.4, 0.5) is 0 Å². The zero-order valence-electron chi connectivity index (χ0n) is 16.7. The highest BCUT2D eigenvalue weighted by Crippen LogP contribution is 2.43.